The number of anilines is 1. The van der Waals surface area contributed by atoms with Crippen molar-refractivity contribution in [2.24, 2.45) is 0 Å². The fraction of sp³-hybridized carbons (Fsp3) is 0.400. The van der Waals surface area contributed by atoms with Crippen LogP contribution in [0.5, 0.6) is 0 Å². The third kappa shape index (κ3) is 4.69. The number of rotatable bonds is 7. The zero-order valence-corrected chi connectivity index (χ0v) is 13.9. The Balaban J connectivity index is 1.97. The minimum atomic E-state index is -0.403. The third-order valence-corrected chi connectivity index (χ3v) is 4.24. The molecule has 0 fully saturated rings. The molecule has 0 atom stereocenters. The smallest absolute Gasteiger partial charge is 0.325 e. The van der Waals surface area contributed by atoms with Gasteiger partial charge in [0.2, 0.25) is 5.91 Å². The molecule has 0 radical (unpaired) electrons. The summed E-state index contributed by atoms with van der Waals surface area (Å²) in [5.74, 6) is -0.590. The highest BCUT2D eigenvalue weighted by Gasteiger charge is 2.12. The lowest BCUT2D eigenvalue weighted by molar-refractivity contribution is -0.113. The van der Waals surface area contributed by atoms with Gasteiger partial charge in [-0.15, -0.1) is 5.10 Å². The summed E-state index contributed by atoms with van der Waals surface area (Å²) in [5, 5.41) is 9.47. The maximum Gasteiger partial charge on any atom is 0.343 e. The van der Waals surface area contributed by atoms with Gasteiger partial charge in [-0.25, -0.2) is 14.3 Å². The number of aromatic amines is 1. The molecule has 23 heavy (non-hydrogen) atoms. The number of carbonyl (C=O) groups excluding carboxylic acids is 1. The first-order chi connectivity index (χ1) is 11.0. The van der Waals surface area contributed by atoms with E-state index in [1.807, 2.05) is 6.92 Å². The summed E-state index contributed by atoms with van der Waals surface area (Å²) in [6.45, 7) is 4.39. The fourth-order valence-electron chi connectivity index (χ4n) is 1.97. The van der Waals surface area contributed by atoms with E-state index in [2.05, 4.69) is 15.5 Å². The molecule has 124 valence electrons. The Bertz CT molecular complexity index is 741. The molecule has 2 N–H and O–H groups in total. The zero-order chi connectivity index (χ0) is 16.8. The number of H-pyrrole nitrogens is 1. The van der Waals surface area contributed by atoms with E-state index in [9.17, 15) is 14.0 Å². The van der Waals surface area contributed by atoms with Crippen LogP contribution in [0.1, 0.15) is 25.3 Å². The van der Waals surface area contributed by atoms with Crippen molar-refractivity contribution in [1.29, 1.82) is 0 Å². The monoisotopic (exact) mass is 338 g/mol. The van der Waals surface area contributed by atoms with Crippen LogP contribution in [-0.2, 0) is 11.3 Å². The number of unbranched alkanes of at least 4 members (excludes halogenated alkanes) is 1. The van der Waals surface area contributed by atoms with Crippen molar-refractivity contribution in [2.75, 3.05) is 11.1 Å². The van der Waals surface area contributed by atoms with Gasteiger partial charge in [0, 0.05) is 12.2 Å². The number of aryl methyl sites for hydroxylation is 1. The molecule has 2 aromatic rings. The average molecular weight is 338 g/mol. The van der Waals surface area contributed by atoms with Gasteiger partial charge in [-0.1, -0.05) is 31.2 Å². The van der Waals surface area contributed by atoms with Crippen molar-refractivity contribution in [2.45, 2.75) is 38.4 Å². The summed E-state index contributed by atoms with van der Waals surface area (Å²) >= 11 is 1.17. The lowest BCUT2D eigenvalue weighted by Crippen LogP contribution is -2.19. The Morgan fingerprint density at radius 2 is 2.26 bits per heavy atom. The number of nitrogens with one attached hydrogen (secondary N) is 2. The van der Waals surface area contributed by atoms with Crippen LogP contribution in [0.4, 0.5) is 10.1 Å². The predicted molar refractivity (Wildman–Crippen MR) is 88.2 cm³/mol. The van der Waals surface area contributed by atoms with E-state index in [1.54, 1.807) is 13.0 Å². The molecule has 1 aromatic heterocycles. The van der Waals surface area contributed by atoms with Gasteiger partial charge in [0.1, 0.15) is 5.82 Å². The number of aromatic nitrogens is 3. The number of thioether (sulfide) groups is 1. The van der Waals surface area contributed by atoms with Gasteiger partial charge in [-0.2, -0.15) is 0 Å². The van der Waals surface area contributed by atoms with Gasteiger partial charge < -0.3 is 5.32 Å². The number of nitrogens with zero attached hydrogens (tertiary/aromatic N) is 2. The van der Waals surface area contributed by atoms with Crippen molar-refractivity contribution in [3.63, 3.8) is 0 Å². The lowest BCUT2D eigenvalue weighted by Gasteiger charge is -2.08. The molecule has 0 aliphatic rings. The predicted octanol–water partition coefficient (Wildman–Crippen LogP) is 2.55. The third-order valence-electron chi connectivity index (χ3n) is 3.26. The number of benzene rings is 1. The summed E-state index contributed by atoms with van der Waals surface area (Å²) in [4.78, 5) is 23.7. The van der Waals surface area contributed by atoms with E-state index < -0.39 is 5.82 Å². The Morgan fingerprint density at radius 3 is 3.00 bits per heavy atom. The molecule has 8 heteroatoms. The van der Waals surface area contributed by atoms with Crippen LogP contribution in [0.25, 0.3) is 0 Å². The van der Waals surface area contributed by atoms with Crippen LogP contribution in [0.15, 0.2) is 28.2 Å². The highest BCUT2D eigenvalue weighted by molar-refractivity contribution is 7.99. The summed E-state index contributed by atoms with van der Waals surface area (Å²) < 4.78 is 14.7. The molecule has 6 nitrogen and oxygen atoms in total. The molecule has 2 rings (SSSR count). The number of hydrogen-bond donors (Lipinski definition) is 2. The molecule has 0 spiro atoms. The Kier molecular flexibility index (Phi) is 5.97. The summed E-state index contributed by atoms with van der Waals surface area (Å²) in [6.07, 6.45) is 1.82. The van der Waals surface area contributed by atoms with E-state index >= 15 is 0 Å². The Hall–Kier alpha value is -2.09. The van der Waals surface area contributed by atoms with E-state index in [4.69, 9.17) is 0 Å². The molecular weight excluding hydrogens is 319 g/mol. The van der Waals surface area contributed by atoms with E-state index in [0.717, 1.165) is 18.4 Å². The Morgan fingerprint density at radius 1 is 1.48 bits per heavy atom. The minimum absolute atomic E-state index is 0.0897. The molecule has 0 saturated heterocycles. The first kappa shape index (κ1) is 17.3. The first-order valence-corrected chi connectivity index (χ1v) is 8.33. The fourth-order valence-corrected chi connectivity index (χ4v) is 2.74. The quantitative estimate of drug-likeness (QED) is 0.761. The highest BCUT2D eigenvalue weighted by atomic mass is 32.2. The van der Waals surface area contributed by atoms with Crippen molar-refractivity contribution >= 4 is 23.4 Å². The van der Waals surface area contributed by atoms with Crippen molar-refractivity contribution in [1.82, 2.24) is 14.8 Å². The summed E-state index contributed by atoms with van der Waals surface area (Å²) in [6, 6.07) is 4.23. The van der Waals surface area contributed by atoms with E-state index in [-0.39, 0.29) is 17.3 Å². The SMILES string of the molecule is CCCCn1c(SCC(=O)Nc2cc(F)ccc2C)n[nH]c1=O. The van der Waals surface area contributed by atoms with Crippen LogP contribution in [0, 0.1) is 12.7 Å². The van der Waals surface area contributed by atoms with Crippen LogP contribution < -0.4 is 11.0 Å². The maximum absolute atomic E-state index is 13.2. The molecule has 0 saturated carbocycles. The topological polar surface area (TPSA) is 79.8 Å². The zero-order valence-electron chi connectivity index (χ0n) is 13.1. The normalized spacial score (nSPS) is 10.7. The molecule has 1 aromatic carbocycles. The van der Waals surface area contributed by atoms with Gasteiger partial charge in [0.25, 0.3) is 0 Å². The minimum Gasteiger partial charge on any atom is -0.325 e. The van der Waals surface area contributed by atoms with Crippen LogP contribution in [0.3, 0.4) is 0 Å². The van der Waals surface area contributed by atoms with E-state index in [0.29, 0.717) is 17.4 Å². The summed E-state index contributed by atoms with van der Waals surface area (Å²) in [5.41, 5.74) is 0.952. The average Bonchev–Trinajstić information content (AvgIpc) is 2.87. The highest BCUT2D eigenvalue weighted by Crippen LogP contribution is 2.18. The standard InChI is InChI=1S/C15H19FN4O2S/c1-3-4-7-20-14(22)18-19-15(20)23-9-13(21)17-12-8-11(16)6-5-10(12)2/h5-6,8H,3-4,7,9H2,1-2H3,(H,17,21)(H,18,22). The van der Waals surface area contributed by atoms with Crippen molar-refractivity contribution in [3.05, 3.63) is 40.1 Å². The number of halogens is 1. The number of carbonyl (C=O) groups is 1. The van der Waals surface area contributed by atoms with Crippen molar-refractivity contribution in [3.8, 4) is 0 Å². The van der Waals surface area contributed by atoms with Crippen LogP contribution >= 0.6 is 11.8 Å². The molecule has 0 bridgehead atoms. The van der Waals surface area contributed by atoms with E-state index in [1.165, 1.54) is 28.5 Å². The second-order valence-electron chi connectivity index (χ2n) is 5.11. The first-order valence-electron chi connectivity index (χ1n) is 7.35. The van der Waals surface area contributed by atoms with Gasteiger partial charge in [-0.3, -0.25) is 9.36 Å². The lowest BCUT2D eigenvalue weighted by atomic mass is 10.2. The second kappa shape index (κ2) is 7.96. The maximum atomic E-state index is 13.2. The molecular formula is C15H19FN4O2S. The van der Waals surface area contributed by atoms with Gasteiger partial charge in [0.05, 0.1) is 5.75 Å². The van der Waals surface area contributed by atoms with Crippen LogP contribution in [-0.4, -0.2) is 26.4 Å². The molecule has 1 amide bonds. The molecule has 0 unspecified atom stereocenters. The van der Waals surface area contributed by atoms with Crippen molar-refractivity contribution < 1.29 is 9.18 Å². The van der Waals surface area contributed by atoms with Gasteiger partial charge >= 0.3 is 5.69 Å². The number of hydrogen-bond acceptors (Lipinski definition) is 4. The molecule has 0 aliphatic heterocycles. The van der Waals surface area contributed by atoms with Gasteiger partial charge in [-0.05, 0) is 31.0 Å². The van der Waals surface area contributed by atoms with Crippen LogP contribution in [0.2, 0.25) is 0 Å². The molecule has 0 aliphatic carbocycles. The van der Waals surface area contributed by atoms with Gasteiger partial charge in [0.15, 0.2) is 5.16 Å². The Labute approximate surface area is 137 Å². The second-order valence-corrected chi connectivity index (χ2v) is 6.06. The number of amides is 1. The largest absolute Gasteiger partial charge is 0.343 e. The summed E-state index contributed by atoms with van der Waals surface area (Å²) in [7, 11) is 0. The molecule has 1 heterocycles.